The Morgan fingerprint density at radius 1 is 1.00 bits per heavy atom. The zero-order chi connectivity index (χ0) is 13.5. The standard InChI is InChI=1S/C15H20N4/c1-3-9-16-14-10-15(19-12(2)18-14)17-11-13-7-5-4-6-8-13/h4-8,10H,3,9,11H2,1-2H3,(H2,16,17,18,19). The lowest BCUT2D eigenvalue weighted by molar-refractivity contribution is 0.951. The van der Waals surface area contributed by atoms with Crippen molar-refractivity contribution < 1.29 is 0 Å². The van der Waals surface area contributed by atoms with Crippen molar-refractivity contribution in [1.82, 2.24) is 9.97 Å². The number of hydrogen-bond acceptors (Lipinski definition) is 4. The lowest BCUT2D eigenvalue weighted by Crippen LogP contribution is -2.07. The molecule has 2 rings (SSSR count). The third-order valence-corrected chi connectivity index (χ3v) is 2.71. The van der Waals surface area contributed by atoms with Crippen LogP contribution in [0.5, 0.6) is 0 Å². The minimum atomic E-state index is 0.768. The van der Waals surface area contributed by atoms with Gasteiger partial charge in [0, 0.05) is 19.2 Å². The van der Waals surface area contributed by atoms with E-state index in [0.29, 0.717) is 0 Å². The van der Waals surface area contributed by atoms with Crippen LogP contribution in [-0.4, -0.2) is 16.5 Å². The van der Waals surface area contributed by atoms with Crippen molar-refractivity contribution in [3.8, 4) is 0 Å². The molecule has 0 aliphatic rings. The summed E-state index contributed by atoms with van der Waals surface area (Å²) in [6.07, 6.45) is 1.08. The van der Waals surface area contributed by atoms with Crippen LogP contribution in [-0.2, 0) is 6.54 Å². The van der Waals surface area contributed by atoms with Crippen LogP contribution >= 0.6 is 0 Å². The largest absolute Gasteiger partial charge is 0.370 e. The smallest absolute Gasteiger partial charge is 0.132 e. The summed E-state index contributed by atoms with van der Waals surface area (Å²) in [6, 6.07) is 12.2. The van der Waals surface area contributed by atoms with Gasteiger partial charge in [-0.3, -0.25) is 0 Å². The molecule has 0 unspecified atom stereocenters. The van der Waals surface area contributed by atoms with Crippen LogP contribution in [0.2, 0.25) is 0 Å². The van der Waals surface area contributed by atoms with Gasteiger partial charge in [0.15, 0.2) is 0 Å². The Hall–Kier alpha value is -2.10. The van der Waals surface area contributed by atoms with E-state index in [2.05, 4.69) is 39.7 Å². The van der Waals surface area contributed by atoms with Crippen LogP contribution in [0.3, 0.4) is 0 Å². The quantitative estimate of drug-likeness (QED) is 0.833. The van der Waals surface area contributed by atoms with E-state index in [-0.39, 0.29) is 0 Å². The van der Waals surface area contributed by atoms with Crippen LogP contribution in [0.1, 0.15) is 24.7 Å². The molecule has 4 nitrogen and oxygen atoms in total. The van der Waals surface area contributed by atoms with Crippen molar-refractivity contribution in [1.29, 1.82) is 0 Å². The fourth-order valence-electron chi connectivity index (χ4n) is 1.79. The van der Waals surface area contributed by atoms with E-state index in [1.807, 2.05) is 31.2 Å². The first-order valence-electron chi connectivity index (χ1n) is 6.65. The molecule has 2 N–H and O–H groups in total. The predicted octanol–water partition coefficient (Wildman–Crippen LogP) is 3.22. The van der Waals surface area contributed by atoms with Crippen molar-refractivity contribution in [3.63, 3.8) is 0 Å². The van der Waals surface area contributed by atoms with Crippen molar-refractivity contribution in [2.45, 2.75) is 26.8 Å². The molecule has 0 aliphatic heterocycles. The normalized spacial score (nSPS) is 10.2. The van der Waals surface area contributed by atoms with Crippen LogP contribution < -0.4 is 10.6 Å². The molecule has 2 aromatic rings. The molecule has 0 bridgehead atoms. The third kappa shape index (κ3) is 4.25. The Morgan fingerprint density at radius 3 is 2.37 bits per heavy atom. The molecule has 0 aliphatic carbocycles. The molecule has 1 heterocycles. The van der Waals surface area contributed by atoms with Gasteiger partial charge in [0.2, 0.25) is 0 Å². The second-order valence-corrected chi connectivity index (χ2v) is 4.45. The molecule has 19 heavy (non-hydrogen) atoms. The molecule has 0 fully saturated rings. The molecule has 1 aromatic heterocycles. The van der Waals surface area contributed by atoms with Gasteiger partial charge in [-0.25, -0.2) is 9.97 Å². The van der Waals surface area contributed by atoms with E-state index in [4.69, 9.17) is 0 Å². The van der Waals surface area contributed by atoms with Gasteiger partial charge in [-0.05, 0) is 18.9 Å². The Bertz CT molecular complexity index is 511. The molecule has 0 radical (unpaired) electrons. The average Bonchev–Trinajstić information content (AvgIpc) is 2.43. The zero-order valence-corrected chi connectivity index (χ0v) is 11.5. The second kappa shape index (κ2) is 6.73. The number of rotatable bonds is 6. The SMILES string of the molecule is CCCNc1cc(NCc2ccccc2)nc(C)n1. The highest BCUT2D eigenvalue weighted by Gasteiger charge is 2.01. The average molecular weight is 256 g/mol. The van der Waals surface area contributed by atoms with Gasteiger partial charge in [0.05, 0.1) is 0 Å². The molecule has 0 amide bonds. The minimum absolute atomic E-state index is 0.768. The lowest BCUT2D eigenvalue weighted by atomic mass is 10.2. The van der Waals surface area contributed by atoms with Crippen LogP contribution in [0.4, 0.5) is 11.6 Å². The highest BCUT2D eigenvalue weighted by molar-refractivity contribution is 5.47. The summed E-state index contributed by atoms with van der Waals surface area (Å²) in [6.45, 7) is 5.74. The van der Waals surface area contributed by atoms with Gasteiger partial charge >= 0.3 is 0 Å². The first kappa shape index (κ1) is 13.3. The molecule has 0 spiro atoms. The van der Waals surface area contributed by atoms with Crippen LogP contribution in [0, 0.1) is 6.92 Å². The molecule has 0 atom stereocenters. The Morgan fingerprint density at radius 2 is 1.68 bits per heavy atom. The summed E-state index contributed by atoms with van der Waals surface area (Å²) in [5.41, 5.74) is 1.24. The van der Waals surface area contributed by atoms with E-state index < -0.39 is 0 Å². The fraction of sp³-hybridized carbons (Fsp3) is 0.333. The van der Waals surface area contributed by atoms with E-state index >= 15 is 0 Å². The molecular weight excluding hydrogens is 236 g/mol. The summed E-state index contributed by atoms with van der Waals surface area (Å²) in [4.78, 5) is 8.76. The Kier molecular flexibility index (Phi) is 4.72. The number of aromatic nitrogens is 2. The topological polar surface area (TPSA) is 49.8 Å². The number of benzene rings is 1. The fourth-order valence-corrected chi connectivity index (χ4v) is 1.79. The molecule has 0 saturated heterocycles. The monoisotopic (exact) mass is 256 g/mol. The van der Waals surface area contributed by atoms with E-state index in [9.17, 15) is 0 Å². The lowest BCUT2D eigenvalue weighted by Gasteiger charge is -2.09. The van der Waals surface area contributed by atoms with Crippen molar-refractivity contribution in [3.05, 3.63) is 47.8 Å². The Labute approximate surface area is 114 Å². The van der Waals surface area contributed by atoms with Gasteiger partial charge < -0.3 is 10.6 Å². The summed E-state index contributed by atoms with van der Waals surface area (Å²) in [5.74, 6) is 2.51. The molecular formula is C15H20N4. The molecule has 0 saturated carbocycles. The minimum Gasteiger partial charge on any atom is -0.370 e. The summed E-state index contributed by atoms with van der Waals surface area (Å²) >= 11 is 0. The summed E-state index contributed by atoms with van der Waals surface area (Å²) in [5, 5.41) is 6.61. The zero-order valence-electron chi connectivity index (χ0n) is 11.5. The highest BCUT2D eigenvalue weighted by atomic mass is 15.1. The number of nitrogens with one attached hydrogen (secondary N) is 2. The third-order valence-electron chi connectivity index (χ3n) is 2.71. The number of aryl methyl sites for hydroxylation is 1. The van der Waals surface area contributed by atoms with Gasteiger partial charge in [-0.2, -0.15) is 0 Å². The van der Waals surface area contributed by atoms with Gasteiger partial charge in [0.1, 0.15) is 17.5 Å². The van der Waals surface area contributed by atoms with E-state index in [1.54, 1.807) is 0 Å². The number of hydrogen-bond donors (Lipinski definition) is 2. The number of anilines is 2. The second-order valence-electron chi connectivity index (χ2n) is 4.45. The van der Waals surface area contributed by atoms with Gasteiger partial charge in [-0.15, -0.1) is 0 Å². The van der Waals surface area contributed by atoms with Crippen LogP contribution in [0.25, 0.3) is 0 Å². The van der Waals surface area contributed by atoms with Crippen molar-refractivity contribution >= 4 is 11.6 Å². The van der Waals surface area contributed by atoms with Gasteiger partial charge in [0.25, 0.3) is 0 Å². The molecule has 100 valence electrons. The van der Waals surface area contributed by atoms with E-state index in [1.165, 1.54) is 5.56 Å². The summed E-state index contributed by atoms with van der Waals surface area (Å²) in [7, 11) is 0. The first-order chi connectivity index (χ1) is 9.28. The Balaban J connectivity index is 2.01. The van der Waals surface area contributed by atoms with Crippen LogP contribution in [0.15, 0.2) is 36.4 Å². The van der Waals surface area contributed by atoms with Crippen molar-refractivity contribution in [2.75, 3.05) is 17.2 Å². The predicted molar refractivity (Wildman–Crippen MR) is 79.3 cm³/mol. The maximum absolute atomic E-state index is 4.39. The molecule has 4 heteroatoms. The van der Waals surface area contributed by atoms with Crippen molar-refractivity contribution in [2.24, 2.45) is 0 Å². The first-order valence-corrected chi connectivity index (χ1v) is 6.65. The maximum atomic E-state index is 4.39. The summed E-state index contributed by atoms with van der Waals surface area (Å²) < 4.78 is 0. The highest BCUT2D eigenvalue weighted by Crippen LogP contribution is 2.12. The molecule has 1 aromatic carbocycles. The van der Waals surface area contributed by atoms with E-state index in [0.717, 1.165) is 37.0 Å². The van der Waals surface area contributed by atoms with Gasteiger partial charge in [-0.1, -0.05) is 37.3 Å². The number of nitrogens with zero attached hydrogens (tertiary/aromatic N) is 2. The maximum Gasteiger partial charge on any atom is 0.132 e.